The highest BCUT2D eigenvalue weighted by Crippen LogP contribution is 2.41. The highest BCUT2D eigenvalue weighted by Gasteiger charge is 2.34. The molecule has 1 aromatic heterocycles. The van der Waals surface area contributed by atoms with E-state index in [2.05, 4.69) is 20.5 Å². The molecule has 0 unspecified atom stereocenters. The fourth-order valence-electron chi connectivity index (χ4n) is 4.09. The molecule has 9 nitrogen and oxygen atoms in total. The van der Waals surface area contributed by atoms with Crippen molar-refractivity contribution in [1.29, 1.82) is 0 Å². The molecule has 0 saturated carbocycles. The minimum atomic E-state index is -0.594. The van der Waals surface area contributed by atoms with Crippen LogP contribution in [0.2, 0.25) is 0 Å². The Morgan fingerprint density at radius 1 is 1.26 bits per heavy atom. The minimum absolute atomic E-state index is 0.236. The number of hydrogen-bond donors (Lipinski definition) is 3. The zero-order valence-electron chi connectivity index (χ0n) is 20.6. The standard InChI is InChI=1S/C24H34FN5O4/c1-24(2,3)34-23(31)29-18-7-8-30(13-19(18)33-6)21-17(12-28-22(27-4)20(21)26)14-9-15(25)11-16(10-14)32-5/h9-12,18-19H,7-8,13,26H2,1-6H3,(H,27,28)(H,29,31)/t18-,19-/m1/s1. The molecule has 1 amide bonds. The van der Waals surface area contributed by atoms with E-state index in [-0.39, 0.29) is 12.1 Å². The topological polar surface area (TPSA) is 111 Å². The van der Waals surface area contributed by atoms with Gasteiger partial charge in [-0.25, -0.2) is 14.2 Å². The molecule has 0 radical (unpaired) electrons. The summed E-state index contributed by atoms with van der Waals surface area (Å²) in [6, 6.07) is 4.25. The number of nitrogen functional groups attached to an aromatic ring is 1. The van der Waals surface area contributed by atoms with Crippen molar-refractivity contribution in [3.05, 3.63) is 30.2 Å². The molecule has 0 spiro atoms. The van der Waals surface area contributed by atoms with E-state index >= 15 is 0 Å². The van der Waals surface area contributed by atoms with Crippen LogP contribution in [0.1, 0.15) is 27.2 Å². The summed E-state index contributed by atoms with van der Waals surface area (Å²) >= 11 is 0. The Bertz CT molecular complexity index is 1030. The zero-order chi connectivity index (χ0) is 25.0. The summed E-state index contributed by atoms with van der Waals surface area (Å²) in [6.07, 6.45) is 1.46. The lowest BCUT2D eigenvalue weighted by molar-refractivity contribution is 0.0298. The second-order valence-corrected chi connectivity index (χ2v) is 9.17. The number of nitrogens with two attached hydrogens (primary N) is 1. The molecule has 34 heavy (non-hydrogen) atoms. The van der Waals surface area contributed by atoms with E-state index in [1.807, 2.05) is 20.8 Å². The average molecular weight is 476 g/mol. The number of pyridine rings is 1. The first-order chi connectivity index (χ1) is 16.1. The van der Waals surface area contributed by atoms with E-state index in [1.165, 1.54) is 19.2 Å². The van der Waals surface area contributed by atoms with Gasteiger partial charge in [0.25, 0.3) is 0 Å². The Morgan fingerprint density at radius 3 is 2.62 bits per heavy atom. The third kappa shape index (κ3) is 5.80. The number of rotatable bonds is 6. The van der Waals surface area contributed by atoms with Crippen LogP contribution in [0.15, 0.2) is 24.4 Å². The lowest BCUT2D eigenvalue weighted by atomic mass is 9.97. The molecule has 3 rings (SSSR count). The first-order valence-corrected chi connectivity index (χ1v) is 11.1. The van der Waals surface area contributed by atoms with Crippen molar-refractivity contribution < 1.29 is 23.4 Å². The number of piperidine rings is 1. The van der Waals surface area contributed by atoms with Crippen molar-refractivity contribution in [3.63, 3.8) is 0 Å². The molecule has 186 valence electrons. The SMILES string of the molecule is CNc1ncc(-c2cc(F)cc(OC)c2)c(N2CC[C@@H](NC(=O)OC(C)(C)C)[C@H](OC)C2)c1N. The Hall–Kier alpha value is -3.27. The zero-order valence-corrected chi connectivity index (χ0v) is 20.6. The molecule has 1 saturated heterocycles. The van der Waals surface area contributed by atoms with Crippen LogP contribution in [0.25, 0.3) is 11.1 Å². The van der Waals surface area contributed by atoms with Crippen molar-refractivity contribution in [3.8, 4) is 16.9 Å². The van der Waals surface area contributed by atoms with Crippen LogP contribution < -0.4 is 26.0 Å². The van der Waals surface area contributed by atoms with Gasteiger partial charge in [-0.05, 0) is 44.9 Å². The van der Waals surface area contributed by atoms with E-state index in [4.69, 9.17) is 19.9 Å². The third-order valence-electron chi connectivity index (χ3n) is 5.62. The highest BCUT2D eigenvalue weighted by molar-refractivity contribution is 5.91. The van der Waals surface area contributed by atoms with Gasteiger partial charge in [0, 0.05) is 45.1 Å². The van der Waals surface area contributed by atoms with Crippen LogP contribution in [0.3, 0.4) is 0 Å². The number of nitrogens with zero attached hydrogens (tertiary/aromatic N) is 2. The van der Waals surface area contributed by atoms with Crippen LogP contribution in [-0.2, 0) is 9.47 Å². The predicted octanol–water partition coefficient (Wildman–Crippen LogP) is 3.64. The molecule has 1 fully saturated rings. The number of hydrogen-bond acceptors (Lipinski definition) is 8. The number of ether oxygens (including phenoxy) is 3. The fourth-order valence-corrected chi connectivity index (χ4v) is 4.09. The van der Waals surface area contributed by atoms with Gasteiger partial charge in [0.2, 0.25) is 0 Å². The molecule has 1 aliphatic rings. The first-order valence-electron chi connectivity index (χ1n) is 11.1. The minimum Gasteiger partial charge on any atom is -0.497 e. The van der Waals surface area contributed by atoms with Crippen LogP contribution >= 0.6 is 0 Å². The number of carbonyl (C=O) groups is 1. The molecule has 10 heteroatoms. The number of halogens is 1. The monoisotopic (exact) mass is 475 g/mol. The van der Waals surface area contributed by atoms with Crippen LogP contribution in [0.4, 0.5) is 26.4 Å². The second-order valence-electron chi connectivity index (χ2n) is 9.17. The summed E-state index contributed by atoms with van der Waals surface area (Å²) in [5.74, 6) is 0.490. The van der Waals surface area contributed by atoms with Gasteiger partial charge in [-0.1, -0.05) is 0 Å². The Morgan fingerprint density at radius 2 is 2.00 bits per heavy atom. The van der Waals surface area contributed by atoms with Gasteiger partial charge in [-0.15, -0.1) is 0 Å². The Balaban J connectivity index is 1.94. The number of amides is 1. The van der Waals surface area contributed by atoms with Gasteiger partial charge in [-0.2, -0.15) is 0 Å². The number of benzene rings is 1. The van der Waals surface area contributed by atoms with E-state index in [0.717, 1.165) is 0 Å². The lowest BCUT2D eigenvalue weighted by Crippen LogP contribution is -2.55. The summed E-state index contributed by atoms with van der Waals surface area (Å²) in [7, 11) is 4.83. The molecule has 0 aliphatic carbocycles. The maximum absolute atomic E-state index is 14.3. The molecule has 0 bridgehead atoms. The number of alkyl carbamates (subject to hydrolysis) is 1. The number of carbonyl (C=O) groups excluding carboxylic acids is 1. The van der Waals surface area contributed by atoms with E-state index in [9.17, 15) is 9.18 Å². The van der Waals surface area contributed by atoms with Crippen molar-refractivity contribution in [2.45, 2.75) is 44.9 Å². The molecule has 1 aliphatic heterocycles. The van der Waals surface area contributed by atoms with Gasteiger partial charge in [0.05, 0.1) is 30.6 Å². The number of methoxy groups -OCH3 is 2. The lowest BCUT2D eigenvalue weighted by Gasteiger charge is -2.40. The summed E-state index contributed by atoms with van der Waals surface area (Å²) < 4.78 is 30.7. The van der Waals surface area contributed by atoms with Gasteiger partial charge in [-0.3, -0.25) is 0 Å². The van der Waals surface area contributed by atoms with Gasteiger partial charge >= 0.3 is 6.09 Å². The van der Waals surface area contributed by atoms with E-state index in [0.29, 0.717) is 53.6 Å². The van der Waals surface area contributed by atoms with Crippen LogP contribution in [-0.4, -0.2) is 63.2 Å². The summed E-state index contributed by atoms with van der Waals surface area (Å²) in [5.41, 5.74) is 8.34. The molecule has 4 N–H and O–H groups in total. The first kappa shape index (κ1) is 25.4. The number of anilines is 3. The van der Waals surface area contributed by atoms with Crippen molar-refractivity contribution in [1.82, 2.24) is 10.3 Å². The molecular weight excluding hydrogens is 441 g/mol. The van der Waals surface area contributed by atoms with Gasteiger partial charge < -0.3 is 35.5 Å². The Labute approximate surface area is 199 Å². The highest BCUT2D eigenvalue weighted by atomic mass is 19.1. The van der Waals surface area contributed by atoms with Crippen molar-refractivity contribution in [2.75, 3.05) is 50.3 Å². The quantitative estimate of drug-likeness (QED) is 0.581. The number of nitrogens with one attached hydrogen (secondary N) is 2. The normalized spacial score (nSPS) is 18.4. The maximum atomic E-state index is 14.3. The van der Waals surface area contributed by atoms with Crippen LogP contribution in [0.5, 0.6) is 5.75 Å². The second kappa shape index (κ2) is 10.3. The van der Waals surface area contributed by atoms with Crippen LogP contribution in [0, 0.1) is 5.82 Å². The predicted molar refractivity (Wildman–Crippen MR) is 131 cm³/mol. The molecule has 2 heterocycles. The largest absolute Gasteiger partial charge is 0.497 e. The molecule has 2 aromatic rings. The van der Waals surface area contributed by atoms with E-state index in [1.54, 1.807) is 26.4 Å². The van der Waals surface area contributed by atoms with Crippen molar-refractivity contribution in [2.24, 2.45) is 0 Å². The summed E-state index contributed by atoms with van der Waals surface area (Å²) in [6.45, 7) is 6.48. The molecular formula is C24H34FN5O4. The van der Waals surface area contributed by atoms with Gasteiger partial charge in [0.1, 0.15) is 17.2 Å². The molecule has 1 aromatic carbocycles. The molecule has 2 atom stereocenters. The summed E-state index contributed by atoms with van der Waals surface area (Å²) in [4.78, 5) is 18.8. The average Bonchev–Trinajstić information content (AvgIpc) is 2.77. The smallest absolute Gasteiger partial charge is 0.407 e. The van der Waals surface area contributed by atoms with Gasteiger partial charge in [0.15, 0.2) is 5.82 Å². The maximum Gasteiger partial charge on any atom is 0.407 e. The van der Waals surface area contributed by atoms with Crippen molar-refractivity contribution >= 4 is 23.3 Å². The summed E-state index contributed by atoms with van der Waals surface area (Å²) in [5, 5.41) is 5.92. The number of aromatic nitrogens is 1. The third-order valence-corrected chi connectivity index (χ3v) is 5.62. The fraction of sp³-hybridized carbons (Fsp3) is 0.500. The van der Waals surface area contributed by atoms with E-state index < -0.39 is 17.5 Å². The Kier molecular flexibility index (Phi) is 7.71.